The first-order valence-corrected chi connectivity index (χ1v) is 8.82. The molecule has 1 N–H and O–H groups in total. The highest BCUT2D eigenvalue weighted by Gasteiger charge is 2.28. The van der Waals surface area contributed by atoms with Gasteiger partial charge in [0.15, 0.2) is 5.17 Å². The van der Waals surface area contributed by atoms with Crippen LogP contribution in [0.3, 0.4) is 0 Å². The van der Waals surface area contributed by atoms with Gasteiger partial charge in [-0.25, -0.2) is 0 Å². The third-order valence-corrected chi connectivity index (χ3v) is 5.23. The number of piperazine rings is 1. The van der Waals surface area contributed by atoms with Gasteiger partial charge in [-0.2, -0.15) is 4.99 Å². The number of rotatable bonds is 2. The Balaban J connectivity index is 1.40. The second-order valence-electron chi connectivity index (χ2n) is 5.75. The number of H-pyrrole nitrogens is 1. The van der Waals surface area contributed by atoms with Crippen LogP contribution in [0, 0.1) is 0 Å². The van der Waals surface area contributed by atoms with Crippen LogP contribution in [0.4, 0.5) is 5.69 Å². The number of nitrogens with zero attached hydrogens (tertiary/aromatic N) is 3. The SMILES string of the molecule is O=C1N=C(N2CCN(c3ccccc3)CC2)SC1=Cc1ccc[nH]1. The maximum atomic E-state index is 12.1. The summed E-state index contributed by atoms with van der Waals surface area (Å²) in [4.78, 5) is 24.7. The Hall–Kier alpha value is -2.47. The number of amidine groups is 1. The van der Waals surface area contributed by atoms with Crippen molar-refractivity contribution in [3.8, 4) is 0 Å². The van der Waals surface area contributed by atoms with Crippen molar-refractivity contribution in [3.63, 3.8) is 0 Å². The molecule has 2 aliphatic rings. The summed E-state index contributed by atoms with van der Waals surface area (Å²) in [5, 5.41) is 0.825. The van der Waals surface area contributed by atoms with Gasteiger partial charge in [0, 0.05) is 43.8 Å². The molecule has 1 fully saturated rings. The van der Waals surface area contributed by atoms with Gasteiger partial charge in [-0.1, -0.05) is 18.2 Å². The first-order chi connectivity index (χ1) is 11.8. The molecule has 0 unspecified atom stereocenters. The van der Waals surface area contributed by atoms with Gasteiger partial charge in [-0.05, 0) is 42.1 Å². The van der Waals surface area contributed by atoms with Gasteiger partial charge in [-0.15, -0.1) is 0 Å². The Morgan fingerprint density at radius 3 is 2.46 bits per heavy atom. The lowest BCUT2D eigenvalue weighted by Crippen LogP contribution is -2.47. The lowest BCUT2D eigenvalue weighted by atomic mass is 10.2. The summed E-state index contributed by atoms with van der Waals surface area (Å²) in [6, 6.07) is 14.3. The van der Waals surface area contributed by atoms with Crippen LogP contribution >= 0.6 is 11.8 Å². The molecule has 0 atom stereocenters. The molecule has 1 aromatic carbocycles. The van der Waals surface area contributed by atoms with Crippen LogP contribution in [0.2, 0.25) is 0 Å². The smallest absolute Gasteiger partial charge is 0.286 e. The lowest BCUT2D eigenvalue weighted by Gasteiger charge is -2.36. The Morgan fingerprint density at radius 1 is 1.00 bits per heavy atom. The van der Waals surface area contributed by atoms with E-state index in [1.165, 1.54) is 17.4 Å². The van der Waals surface area contributed by atoms with E-state index in [-0.39, 0.29) is 5.91 Å². The second kappa shape index (κ2) is 6.57. The Morgan fingerprint density at radius 2 is 1.75 bits per heavy atom. The molecule has 1 aromatic heterocycles. The number of hydrogen-bond acceptors (Lipinski definition) is 4. The van der Waals surface area contributed by atoms with E-state index in [2.05, 4.69) is 44.0 Å². The van der Waals surface area contributed by atoms with Crippen molar-refractivity contribution in [2.75, 3.05) is 31.1 Å². The minimum absolute atomic E-state index is 0.143. The monoisotopic (exact) mass is 338 g/mol. The van der Waals surface area contributed by atoms with Gasteiger partial charge in [0.05, 0.1) is 4.91 Å². The van der Waals surface area contributed by atoms with Crippen LogP contribution < -0.4 is 4.90 Å². The number of benzene rings is 1. The second-order valence-corrected chi connectivity index (χ2v) is 6.75. The van der Waals surface area contributed by atoms with Crippen LogP contribution in [0.5, 0.6) is 0 Å². The number of thioether (sulfide) groups is 1. The molecule has 1 saturated heterocycles. The zero-order chi connectivity index (χ0) is 16.4. The van der Waals surface area contributed by atoms with E-state index in [4.69, 9.17) is 0 Å². The molecule has 0 bridgehead atoms. The largest absolute Gasteiger partial charge is 0.368 e. The molecule has 24 heavy (non-hydrogen) atoms. The average molecular weight is 338 g/mol. The van der Waals surface area contributed by atoms with Crippen molar-refractivity contribution in [3.05, 3.63) is 59.3 Å². The number of anilines is 1. The summed E-state index contributed by atoms with van der Waals surface area (Å²) in [5.74, 6) is -0.143. The first-order valence-electron chi connectivity index (χ1n) is 8.00. The number of aromatic amines is 1. The van der Waals surface area contributed by atoms with Crippen molar-refractivity contribution >= 4 is 34.6 Å². The van der Waals surface area contributed by atoms with Gasteiger partial charge < -0.3 is 14.8 Å². The van der Waals surface area contributed by atoms with Crippen LogP contribution in [0.25, 0.3) is 6.08 Å². The number of hydrogen-bond donors (Lipinski definition) is 1. The van der Waals surface area contributed by atoms with Crippen LogP contribution in [-0.4, -0.2) is 47.1 Å². The quantitative estimate of drug-likeness (QED) is 0.856. The summed E-state index contributed by atoms with van der Waals surface area (Å²) >= 11 is 1.47. The molecule has 1 amide bonds. The van der Waals surface area contributed by atoms with Gasteiger partial charge in [-0.3, -0.25) is 4.79 Å². The number of amides is 1. The van der Waals surface area contributed by atoms with Crippen molar-refractivity contribution in [1.82, 2.24) is 9.88 Å². The number of carbonyl (C=O) groups excluding carboxylic acids is 1. The van der Waals surface area contributed by atoms with Crippen LogP contribution in [0.15, 0.2) is 58.6 Å². The van der Waals surface area contributed by atoms with Gasteiger partial charge >= 0.3 is 0 Å². The van der Waals surface area contributed by atoms with E-state index >= 15 is 0 Å². The average Bonchev–Trinajstić information content (AvgIpc) is 3.27. The topological polar surface area (TPSA) is 51.7 Å². The van der Waals surface area contributed by atoms with Gasteiger partial charge in [0.25, 0.3) is 5.91 Å². The molecular weight excluding hydrogens is 320 g/mol. The molecule has 122 valence electrons. The molecule has 5 nitrogen and oxygen atoms in total. The highest BCUT2D eigenvalue weighted by Crippen LogP contribution is 2.30. The van der Waals surface area contributed by atoms with Crippen molar-refractivity contribution < 1.29 is 4.79 Å². The summed E-state index contributed by atoms with van der Waals surface area (Å²) in [7, 11) is 0. The molecule has 2 aromatic rings. The van der Waals surface area contributed by atoms with E-state index in [9.17, 15) is 4.79 Å². The maximum absolute atomic E-state index is 12.1. The van der Waals surface area contributed by atoms with Gasteiger partial charge in [0.2, 0.25) is 0 Å². The van der Waals surface area contributed by atoms with Crippen molar-refractivity contribution in [1.29, 1.82) is 0 Å². The Labute approximate surface area is 145 Å². The van der Waals surface area contributed by atoms with Gasteiger partial charge in [0.1, 0.15) is 0 Å². The third-order valence-electron chi connectivity index (χ3n) is 4.19. The Bertz CT molecular complexity index is 775. The fourth-order valence-corrected chi connectivity index (χ4v) is 3.86. The van der Waals surface area contributed by atoms with E-state index in [1.807, 2.05) is 30.5 Å². The summed E-state index contributed by atoms with van der Waals surface area (Å²) in [6.07, 6.45) is 3.71. The van der Waals surface area contributed by atoms with Crippen molar-refractivity contribution in [2.24, 2.45) is 4.99 Å². The van der Waals surface area contributed by atoms with Crippen LogP contribution in [-0.2, 0) is 4.79 Å². The number of nitrogens with one attached hydrogen (secondary N) is 1. The minimum atomic E-state index is -0.143. The lowest BCUT2D eigenvalue weighted by molar-refractivity contribution is -0.113. The first kappa shape index (κ1) is 15.1. The summed E-state index contributed by atoms with van der Waals surface area (Å²) < 4.78 is 0. The van der Waals surface area contributed by atoms with E-state index in [0.29, 0.717) is 4.91 Å². The van der Waals surface area contributed by atoms with E-state index in [1.54, 1.807) is 0 Å². The zero-order valence-corrected chi connectivity index (χ0v) is 14.0. The number of carbonyl (C=O) groups is 1. The molecular formula is C18H18N4OS. The molecule has 2 aliphatic heterocycles. The maximum Gasteiger partial charge on any atom is 0.286 e. The minimum Gasteiger partial charge on any atom is -0.368 e. The molecule has 0 radical (unpaired) electrons. The fraction of sp³-hybridized carbons (Fsp3) is 0.222. The molecule has 0 aliphatic carbocycles. The normalized spacial score (nSPS) is 19.9. The van der Waals surface area contributed by atoms with E-state index in [0.717, 1.165) is 37.0 Å². The van der Waals surface area contributed by atoms with E-state index < -0.39 is 0 Å². The predicted octanol–water partition coefficient (Wildman–Crippen LogP) is 2.81. The number of para-hydroxylation sites is 1. The molecule has 6 heteroatoms. The predicted molar refractivity (Wildman–Crippen MR) is 99.0 cm³/mol. The summed E-state index contributed by atoms with van der Waals surface area (Å²) in [5.41, 5.74) is 2.18. The standard InChI is InChI=1S/C18H18N4OS/c23-17-16(13-14-5-4-8-19-14)24-18(20-17)22-11-9-21(10-12-22)15-6-2-1-3-7-15/h1-8,13,19H,9-12H2. The highest BCUT2D eigenvalue weighted by atomic mass is 32.2. The molecule has 0 saturated carbocycles. The zero-order valence-electron chi connectivity index (χ0n) is 13.2. The highest BCUT2D eigenvalue weighted by molar-refractivity contribution is 8.18. The number of aliphatic imine (C=N–C) groups is 1. The molecule has 4 rings (SSSR count). The van der Waals surface area contributed by atoms with Crippen molar-refractivity contribution in [2.45, 2.75) is 0 Å². The fourth-order valence-electron chi connectivity index (χ4n) is 2.90. The Kier molecular flexibility index (Phi) is 4.13. The number of aromatic nitrogens is 1. The third kappa shape index (κ3) is 3.10. The summed E-state index contributed by atoms with van der Waals surface area (Å²) in [6.45, 7) is 3.63. The molecule has 0 spiro atoms. The molecule has 3 heterocycles. The van der Waals surface area contributed by atoms with Crippen LogP contribution in [0.1, 0.15) is 5.69 Å².